The lowest BCUT2D eigenvalue weighted by atomic mass is 10.2. The van der Waals surface area contributed by atoms with E-state index in [0.717, 1.165) is 14.7 Å². The van der Waals surface area contributed by atoms with E-state index in [1.807, 2.05) is 60.7 Å². The Kier molecular flexibility index (Phi) is 6.38. The first-order chi connectivity index (χ1) is 12.7. The molecule has 0 saturated carbocycles. The Morgan fingerprint density at radius 1 is 0.962 bits per heavy atom. The number of rotatable bonds is 6. The van der Waals surface area contributed by atoms with Gasteiger partial charge in [-0.1, -0.05) is 54.6 Å². The van der Waals surface area contributed by atoms with Crippen LogP contribution in [-0.2, 0) is 6.61 Å². The average Bonchev–Trinajstić information content (AvgIpc) is 2.69. The van der Waals surface area contributed by atoms with E-state index in [2.05, 4.69) is 33.1 Å². The zero-order valence-corrected chi connectivity index (χ0v) is 16.1. The molecular formula is C21H17IN2O2. The number of hydrazone groups is 1. The van der Waals surface area contributed by atoms with Gasteiger partial charge < -0.3 is 4.74 Å². The smallest absolute Gasteiger partial charge is 0.275 e. The average molecular weight is 456 g/mol. The molecule has 0 atom stereocenters. The van der Waals surface area contributed by atoms with Crippen LogP contribution >= 0.6 is 22.6 Å². The standard InChI is InChI=1S/C21H17IN2O2/c22-18-12-10-16(11-13-18)14-23-24-21(25)19-8-4-5-9-20(19)26-15-17-6-2-1-3-7-17/h1-14H,15H2,(H,24,25)/b23-14+. The quantitative estimate of drug-likeness (QED) is 0.334. The van der Waals surface area contributed by atoms with Crippen LogP contribution in [0.5, 0.6) is 5.75 Å². The van der Waals surface area contributed by atoms with Crippen molar-refractivity contribution in [3.63, 3.8) is 0 Å². The Balaban J connectivity index is 1.64. The van der Waals surface area contributed by atoms with Gasteiger partial charge in [0, 0.05) is 3.57 Å². The molecule has 0 aliphatic heterocycles. The first-order valence-corrected chi connectivity index (χ1v) is 9.15. The van der Waals surface area contributed by atoms with E-state index < -0.39 is 0 Å². The Bertz CT molecular complexity index is 893. The van der Waals surface area contributed by atoms with Gasteiger partial charge >= 0.3 is 0 Å². The van der Waals surface area contributed by atoms with Crippen LogP contribution in [0.2, 0.25) is 0 Å². The monoisotopic (exact) mass is 456 g/mol. The summed E-state index contributed by atoms with van der Waals surface area (Å²) in [6, 6.07) is 24.8. The number of hydrogen-bond acceptors (Lipinski definition) is 3. The highest BCUT2D eigenvalue weighted by atomic mass is 127. The van der Waals surface area contributed by atoms with Crippen molar-refractivity contribution >= 4 is 34.7 Å². The fraction of sp³-hybridized carbons (Fsp3) is 0.0476. The van der Waals surface area contributed by atoms with E-state index in [1.165, 1.54) is 0 Å². The molecule has 0 aliphatic rings. The van der Waals surface area contributed by atoms with E-state index in [1.54, 1.807) is 24.4 Å². The molecule has 0 radical (unpaired) electrons. The van der Waals surface area contributed by atoms with Crippen LogP contribution in [-0.4, -0.2) is 12.1 Å². The minimum atomic E-state index is -0.310. The lowest BCUT2D eigenvalue weighted by Gasteiger charge is -2.10. The molecule has 1 N–H and O–H groups in total. The molecule has 130 valence electrons. The van der Waals surface area contributed by atoms with Crippen molar-refractivity contribution in [1.82, 2.24) is 5.43 Å². The van der Waals surface area contributed by atoms with Crippen LogP contribution in [0.25, 0.3) is 0 Å². The number of carbonyl (C=O) groups is 1. The minimum Gasteiger partial charge on any atom is -0.488 e. The highest BCUT2D eigenvalue weighted by Gasteiger charge is 2.11. The molecule has 0 heterocycles. The molecule has 5 heteroatoms. The highest BCUT2D eigenvalue weighted by molar-refractivity contribution is 14.1. The van der Waals surface area contributed by atoms with Gasteiger partial charge in [-0.15, -0.1) is 0 Å². The molecular weight excluding hydrogens is 439 g/mol. The number of nitrogens with one attached hydrogen (secondary N) is 1. The number of carbonyl (C=O) groups excluding carboxylic acids is 1. The normalized spacial score (nSPS) is 10.7. The molecule has 0 aliphatic carbocycles. The van der Waals surface area contributed by atoms with Crippen molar-refractivity contribution in [2.24, 2.45) is 5.10 Å². The Hall–Kier alpha value is -2.67. The molecule has 0 spiro atoms. The summed E-state index contributed by atoms with van der Waals surface area (Å²) >= 11 is 2.24. The molecule has 0 saturated heterocycles. The third-order valence-corrected chi connectivity index (χ3v) is 4.34. The van der Waals surface area contributed by atoms with Crippen molar-refractivity contribution in [2.75, 3.05) is 0 Å². The number of amides is 1. The largest absolute Gasteiger partial charge is 0.488 e. The lowest BCUT2D eigenvalue weighted by molar-refractivity contribution is 0.0950. The SMILES string of the molecule is O=C(N/N=C/c1ccc(I)cc1)c1ccccc1OCc1ccccc1. The summed E-state index contributed by atoms with van der Waals surface area (Å²) in [6.45, 7) is 0.400. The van der Waals surface area contributed by atoms with E-state index in [9.17, 15) is 4.79 Å². The highest BCUT2D eigenvalue weighted by Crippen LogP contribution is 2.19. The number of ether oxygens (including phenoxy) is 1. The summed E-state index contributed by atoms with van der Waals surface area (Å²) in [6.07, 6.45) is 1.61. The third-order valence-electron chi connectivity index (χ3n) is 3.62. The number of para-hydroxylation sites is 1. The second-order valence-electron chi connectivity index (χ2n) is 5.52. The van der Waals surface area contributed by atoms with Crippen molar-refractivity contribution in [3.8, 4) is 5.75 Å². The van der Waals surface area contributed by atoms with Gasteiger partial charge in [0.2, 0.25) is 0 Å². The van der Waals surface area contributed by atoms with Crippen molar-refractivity contribution in [2.45, 2.75) is 6.61 Å². The first kappa shape index (κ1) is 18.1. The van der Waals surface area contributed by atoms with Gasteiger partial charge in [-0.2, -0.15) is 5.10 Å². The Morgan fingerprint density at radius 3 is 2.42 bits per heavy atom. The van der Waals surface area contributed by atoms with Crippen molar-refractivity contribution in [1.29, 1.82) is 0 Å². The predicted molar refractivity (Wildman–Crippen MR) is 111 cm³/mol. The molecule has 0 aromatic heterocycles. The van der Waals surface area contributed by atoms with Gasteiger partial charge in [-0.25, -0.2) is 5.43 Å². The van der Waals surface area contributed by atoms with Crippen molar-refractivity contribution in [3.05, 3.63) is 99.1 Å². The van der Waals surface area contributed by atoms with E-state index in [-0.39, 0.29) is 5.91 Å². The molecule has 26 heavy (non-hydrogen) atoms. The van der Waals surface area contributed by atoms with E-state index in [0.29, 0.717) is 17.9 Å². The summed E-state index contributed by atoms with van der Waals surface area (Å²) in [5, 5.41) is 4.02. The van der Waals surface area contributed by atoms with E-state index in [4.69, 9.17) is 4.74 Å². The van der Waals surface area contributed by atoms with Gasteiger partial charge in [-0.3, -0.25) is 4.79 Å². The topological polar surface area (TPSA) is 50.7 Å². The number of halogens is 1. The maximum atomic E-state index is 12.4. The fourth-order valence-corrected chi connectivity index (χ4v) is 2.65. The summed E-state index contributed by atoms with van der Waals surface area (Å²) in [5.41, 5.74) is 4.95. The molecule has 4 nitrogen and oxygen atoms in total. The van der Waals surface area contributed by atoms with Crippen molar-refractivity contribution < 1.29 is 9.53 Å². The lowest BCUT2D eigenvalue weighted by Crippen LogP contribution is -2.18. The predicted octanol–water partition coefficient (Wildman–Crippen LogP) is 4.63. The second-order valence-corrected chi connectivity index (χ2v) is 6.77. The van der Waals surface area contributed by atoms with Crippen LogP contribution in [0.15, 0.2) is 84.0 Å². The van der Waals surface area contributed by atoms with Gasteiger partial charge in [0.15, 0.2) is 0 Å². The van der Waals surface area contributed by atoms with Crippen LogP contribution < -0.4 is 10.2 Å². The first-order valence-electron chi connectivity index (χ1n) is 8.07. The van der Waals surface area contributed by atoms with Crippen LogP contribution in [0.4, 0.5) is 0 Å². The summed E-state index contributed by atoms with van der Waals surface area (Å²) in [5.74, 6) is 0.216. The number of benzene rings is 3. The van der Waals surface area contributed by atoms with Gasteiger partial charge in [0.05, 0.1) is 11.8 Å². The second kappa shape index (κ2) is 9.15. The molecule has 3 aromatic carbocycles. The molecule has 0 bridgehead atoms. The van der Waals surface area contributed by atoms with Gasteiger partial charge in [0.25, 0.3) is 5.91 Å². The number of nitrogens with zero attached hydrogens (tertiary/aromatic N) is 1. The van der Waals surface area contributed by atoms with Crippen LogP contribution in [0.1, 0.15) is 21.5 Å². The summed E-state index contributed by atoms with van der Waals surface area (Å²) in [7, 11) is 0. The molecule has 3 aromatic rings. The minimum absolute atomic E-state index is 0.310. The van der Waals surface area contributed by atoms with Gasteiger partial charge in [-0.05, 0) is 58.0 Å². The fourth-order valence-electron chi connectivity index (χ4n) is 2.29. The summed E-state index contributed by atoms with van der Waals surface area (Å²) in [4.78, 5) is 12.4. The van der Waals surface area contributed by atoms with Crippen LogP contribution in [0, 0.1) is 3.57 Å². The third kappa shape index (κ3) is 5.16. The van der Waals surface area contributed by atoms with Crippen LogP contribution in [0.3, 0.4) is 0 Å². The summed E-state index contributed by atoms with van der Waals surface area (Å²) < 4.78 is 6.96. The molecule has 0 unspecified atom stereocenters. The Labute approximate surface area is 166 Å². The number of hydrogen-bond donors (Lipinski definition) is 1. The zero-order chi connectivity index (χ0) is 18.2. The molecule has 1 amide bonds. The van der Waals surface area contributed by atoms with E-state index >= 15 is 0 Å². The zero-order valence-electron chi connectivity index (χ0n) is 13.9. The maximum Gasteiger partial charge on any atom is 0.275 e. The Morgan fingerprint density at radius 2 is 1.65 bits per heavy atom. The molecule has 3 rings (SSSR count). The molecule has 0 fully saturated rings. The van der Waals surface area contributed by atoms with Gasteiger partial charge in [0.1, 0.15) is 12.4 Å². The maximum absolute atomic E-state index is 12.4.